The van der Waals surface area contributed by atoms with E-state index < -0.39 is 0 Å². The Balaban J connectivity index is 1.71. The fraction of sp³-hybridized carbons (Fsp3) is 0.417. The highest BCUT2D eigenvalue weighted by Crippen LogP contribution is 2.15. The van der Waals surface area contributed by atoms with Crippen LogP contribution in [0.15, 0.2) is 18.3 Å². The highest BCUT2D eigenvalue weighted by molar-refractivity contribution is 6.28. The molecule has 3 rings (SSSR count). The lowest BCUT2D eigenvalue weighted by Gasteiger charge is -2.26. The number of aromatic nitrogens is 5. The quantitative estimate of drug-likeness (QED) is 0.885. The first kappa shape index (κ1) is 13.9. The van der Waals surface area contributed by atoms with Gasteiger partial charge in [-0.25, -0.2) is 0 Å². The molecule has 0 radical (unpaired) electrons. The second-order valence-electron chi connectivity index (χ2n) is 4.40. The fourth-order valence-electron chi connectivity index (χ4n) is 1.92. The Bertz CT molecular complexity index is 591. The Morgan fingerprint density at radius 3 is 2.86 bits per heavy atom. The second-order valence-corrected chi connectivity index (χ2v) is 4.73. The zero-order chi connectivity index (χ0) is 14.5. The number of hydrogen-bond donors (Lipinski definition) is 1. The molecule has 0 spiro atoms. The minimum absolute atomic E-state index is 0.160. The molecular formula is C12H14ClN7O. The number of morpholine rings is 1. The van der Waals surface area contributed by atoms with Crippen molar-refractivity contribution in [2.45, 2.75) is 6.54 Å². The largest absolute Gasteiger partial charge is 0.378 e. The van der Waals surface area contributed by atoms with Crippen molar-refractivity contribution in [3.63, 3.8) is 0 Å². The fourth-order valence-corrected chi connectivity index (χ4v) is 2.08. The highest BCUT2D eigenvalue weighted by atomic mass is 35.5. The third kappa shape index (κ3) is 3.73. The maximum Gasteiger partial charge on any atom is 0.231 e. The zero-order valence-electron chi connectivity index (χ0n) is 11.2. The maximum absolute atomic E-state index is 5.96. The number of halogens is 1. The van der Waals surface area contributed by atoms with Crippen molar-refractivity contribution in [1.82, 2.24) is 25.1 Å². The van der Waals surface area contributed by atoms with Gasteiger partial charge in [-0.15, -0.1) is 0 Å². The van der Waals surface area contributed by atoms with Gasteiger partial charge in [0, 0.05) is 19.3 Å². The number of rotatable bonds is 4. The van der Waals surface area contributed by atoms with Gasteiger partial charge in [-0.3, -0.25) is 0 Å². The van der Waals surface area contributed by atoms with Gasteiger partial charge in [0.2, 0.25) is 17.2 Å². The lowest BCUT2D eigenvalue weighted by molar-refractivity contribution is 0.122. The molecule has 1 N–H and O–H groups in total. The van der Waals surface area contributed by atoms with Crippen LogP contribution in [0.4, 0.5) is 11.9 Å². The summed E-state index contributed by atoms with van der Waals surface area (Å²) in [7, 11) is 0. The average Bonchev–Trinajstić information content (AvgIpc) is 2.54. The monoisotopic (exact) mass is 307 g/mol. The molecule has 9 heteroatoms. The van der Waals surface area contributed by atoms with Crippen molar-refractivity contribution in [1.29, 1.82) is 0 Å². The van der Waals surface area contributed by atoms with Gasteiger partial charge in [0.1, 0.15) is 0 Å². The number of nitrogens with zero attached hydrogens (tertiary/aromatic N) is 6. The molecule has 0 aromatic carbocycles. The summed E-state index contributed by atoms with van der Waals surface area (Å²) >= 11 is 5.96. The Labute approximate surface area is 126 Å². The average molecular weight is 308 g/mol. The van der Waals surface area contributed by atoms with E-state index in [0.717, 1.165) is 18.8 Å². The molecule has 0 amide bonds. The molecule has 1 aliphatic rings. The third-order valence-corrected chi connectivity index (χ3v) is 3.11. The van der Waals surface area contributed by atoms with Crippen LogP contribution in [0.1, 0.15) is 5.69 Å². The lowest BCUT2D eigenvalue weighted by Crippen LogP contribution is -2.37. The Morgan fingerprint density at radius 1 is 1.24 bits per heavy atom. The molecular weight excluding hydrogens is 294 g/mol. The molecule has 21 heavy (non-hydrogen) atoms. The molecule has 0 unspecified atom stereocenters. The Morgan fingerprint density at radius 2 is 2.10 bits per heavy atom. The molecule has 1 saturated heterocycles. The summed E-state index contributed by atoms with van der Waals surface area (Å²) in [6.07, 6.45) is 1.62. The van der Waals surface area contributed by atoms with Gasteiger partial charge in [0.15, 0.2) is 0 Å². The van der Waals surface area contributed by atoms with Crippen LogP contribution in [-0.4, -0.2) is 51.5 Å². The topological polar surface area (TPSA) is 89.0 Å². The minimum Gasteiger partial charge on any atom is -0.378 e. The SMILES string of the molecule is Clc1nc(NCc2cccnn2)nc(N2CCOCC2)n1. The van der Waals surface area contributed by atoms with Gasteiger partial charge in [-0.1, -0.05) is 0 Å². The summed E-state index contributed by atoms with van der Waals surface area (Å²) in [5.74, 6) is 0.974. The van der Waals surface area contributed by atoms with Crippen molar-refractivity contribution in [3.05, 3.63) is 29.3 Å². The predicted molar refractivity (Wildman–Crippen MR) is 77.2 cm³/mol. The molecule has 1 aliphatic heterocycles. The van der Waals surface area contributed by atoms with E-state index in [9.17, 15) is 0 Å². The van der Waals surface area contributed by atoms with Crippen LogP contribution in [0.2, 0.25) is 5.28 Å². The Hall–Kier alpha value is -2.06. The van der Waals surface area contributed by atoms with E-state index in [-0.39, 0.29) is 5.28 Å². The van der Waals surface area contributed by atoms with E-state index in [1.807, 2.05) is 17.0 Å². The normalized spacial score (nSPS) is 15.0. The van der Waals surface area contributed by atoms with E-state index in [1.165, 1.54) is 0 Å². The van der Waals surface area contributed by atoms with Gasteiger partial charge < -0.3 is 15.0 Å². The smallest absolute Gasteiger partial charge is 0.231 e. The number of anilines is 2. The summed E-state index contributed by atoms with van der Waals surface area (Å²) in [6, 6.07) is 3.69. The standard InChI is InChI=1S/C12H14ClN7O/c13-10-16-11(14-8-9-2-1-3-15-19-9)18-12(17-10)20-4-6-21-7-5-20/h1-3H,4-8H2,(H,14,16,17,18). The second kappa shape index (κ2) is 6.59. The van der Waals surface area contributed by atoms with Gasteiger partial charge in [-0.05, 0) is 23.7 Å². The van der Waals surface area contributed by atoms with Crippen LogP contribution in [0.3, 0.4) is 0 Å². The number of ether oxygens (including phenoxy) is 1. The van der Waals surface area contributed by atoms with Gasteiger partial charge in [-0.2, -0.15) is 25.1 Å². The van der Waals surface area contributed by atoms with Crippen LogP contribution in [0.25, 0.3) is 0 Å². The molecule has 2 aromatic rings. The molecule has 0 saturated carbocycles. The summed E-state index contributed by atoms with van der Waals surface area (Å²) < 4.78 is 5.31. The molecule has 1 fully saturated rings. The van der Waals surface area contributed by atoms with Crippen molar-refractivity contribution in [3.8, 4) is 0 Å². The predicted octanol–water partition coefficient (Wildman–Crippen LogP) is 0.764. The van der Waals surface area contributed by atoms with Crippen LogP contribution >= 0.6 is 11.6 Å². The third-order valence-electron chi connectivity index (χ3n) is 2.95. The van der Waals surface area contributed by atoms with Crippen molar-refractivity contribution in [2.75, 3.05) is 36.5 Å². The highest BCUT2D eigenvalue weighted by Gasteiger charge is 2.16. The van der Waals surface area contributed by atoms with Crippen LogP contribution in [-0.2, 0) is 11.3 Å². The first-order valence-electron chi connectivity index (χ1n) is 6.56. The molecule has 0 bridgehead atoms. The molecule has 110 valence electrons. The van der Waals surface area contributed by atoms with Crippen LogP contribution in [0, 0.1) is 0 Å². The number of hydrogen-bond acceptors (Lipinski definition) is 8. The van der Waals surface area contributed by atoms with Gasteiger partial charge in [0.05, 0.1) is 25.5 Å². The summed E-state index contributed by atoms with van der Waals surface area (Å²) in [5.41, 5.74) is 0.793. The van der Waals surface area contributed by atoms with Crippen LogP contribution < -0.4 is 10.2 Å². The first-order chi connectivity index (χ1) is 10.3. The summed E-state index contributed by atoms with van der Waals surface area (Å²) in [6.45, 7) is 3.27. The molecule has 8 nitrogen and oxygen atoms in total. The molecule has 0 aliphatic carbocycles. The summed E-state index contributed by atoms with van der Waals surface area (Å²) in [5, 5.41) is 11.0. The van der Waals surface area contributed by atoms with E-state index in [0.29, 0.717) is 31.7 Å². The zero-order valence-corrected chi connectivity index (χ0v) is 12.0. The van der Waals surface area contributed by atoms with E-state index >= 15 is 0 Å². The number of nitrogens with one attached hydrogen (secondary N) is 1. The van der Waals surface area contributed by atoms with E-state index in [4.69, 9.17) is 16.3 Å². The molecule has 2 aromatic heterocycles. The lowest BCUT2D eigenvalue weighted by atomic mass is 10.4. The van der Waals surface area contributed by atoms with Crippen LogP contribution in [0.5, 0.6) is 0 Å². The maximum atomic E-state index is 5.96. The van der Waals surface area contributed by atoms with Crippen molar-refractivity contribution >= 4 is 23.5 Å². The molecule has 0 atom stereocenters. The Kier molecular flexibility index (Phi) is 4.37. The molecule has 3 heterocycles. The van der Waals surface area contributed by atoms with Crippen molar-refractivity contribution < 1.29 is 4.74 Å². The van der Waals surface area contributed by atoms with E-state index in [2.05, 4.69) is 30.5 Å². The van der Waals surface area contributed by atoms with Gasteiger partial charge >= 0.3 is 0 Å². The summed E-state index contributed by atoms with van der Waals surface area (Å²) in [4.78, 5) is 14.6. The van der Waals surface area contributed by atoms with Crippen molar-refractivity contribution in [2.24, 2.45) is 0 Å². The van der Waals surface area contributed by atoms with Gasteiger partial charge in [0.25, 0.3) is 0 Å². The minimum atomic E-state index is 0.160. The first-order valence-corrected chi connectivity index (χ1v) is 6.94. The van der Waals surface area contributed by atoms with E-state index in [1.54, 1.807) is 6.20 Å².